The molecular weight excluding hydrogens is 320 g/mol. The summed E-state index contributed by atoms with van der Waals surface area (Å²) < 4.78 is 2.13. The fourth-order valence-corrected chi connectivity index (χ4v) is 1.99. The summed E-state index contributed by atoms with van der Waals surface area (Å²) in [5.74, 6) is -0.318. The number of nitrogen functional groups attached to an aromatic ring is 1. The number of aromatic nitrogens is 2. The molecule has 1 aromatic heterocycles. The first-order valence-electron chi connectivity index (χ1n) is 5.03. The number of hydrogen-bond donors (Lipinski definition) is 2. The molecule has 1 amide bonds. The number of rotatable bonds is 2. The summed E-state index contributed by atoms with van der Waals surface area (Å²) in [6.07, 6.45) is 1.44. The summed E-state index contributed by atoms with van der Waals surface area (Å²) >= 11 is 9.16. The van der Waals surface area contributed by atoms with Gasteiger partial charge in [-0.3, -0.25) is 9.48 Å². The number of anilines is 2. The molecule has 0 unspecified atom stereocenters. The van der Waals surface area contributed by atoms with E-state index in [2.05, 4.69) is 26.3 Å². The Labute approximate surface area is 117 Å². The summed E-state index contributed by atoms with van der Waals surface area (Å²) in [7, 11) is 1.66. The third-order valence-electron chi connectivity index (χ3n) is 2.36. The molecule has 0 bridgehead atoms. The van der Waals surface area contributed by atoms with E-state index in [0.29, 0.717) is 26.6 Å². The van der Waals surface area contributed by atoms with Crippen molar-refractivity contribution in [3.8, 4) is 0 Å². The van der Waals surface area contributed by atoms with Crippen LogP contribution in [0.25, 0.3) is 0 Å². The number of amides is 1. The zero-order chi connectivity index (χ0) is 13.3. The maximum absolute atomic E-state index is 12.0. The average molecular weight is 330 g/mol. The van der Waals surface area contributed by atoms with Crippen LogP contribution in [0.1, 0.15) is 10.5 Å². The van der Waals surface area contributed by atoms with E-state index in [4.69, 9.17) is 17.3 Å². The van der Waals surface area contributed by atoms with Crippen molar-refractivity contribution in [3.63, 3.8) is 0 Å². The maximum atomic E-state index is 12.0. The van der Waals surface area contributed by atoms with Gasteiger partial charge in [0.2, 0.25) is 0 Å². The number of nitrogens with one attached hydrogen (secondary N) is 1. The fraction of sp³-hybridized carbons (Fsp3) is 0.0909. The van der Waals surface area contributed by atoms with Crippen molar-refractivity contribution in [1.82, 2.24) is 9.78 Å². The van der Waals surface area contributed by atoms with Crippen LogP contribution >= 0.6 is 27.5 Å². The zero-order valence-corrected chi connectivity index (χ0v) is 11.8. The summed E-state index contributed by atoms with van der Waals surface area (Å²) in [6.45, 7) is 0. The highest BCUT2D eigenvalue weighted by Gasteiger charge is 2.15. The number of hydrogen-bond acceptors (Lipinski definition) is 3. The monoisotopic (exact) mass is 328 g/mol. The minimum atomic E-state index is -0.318. The van der Waals surface area contributed by atoms with Gasteiger partial charge in [-0.1, -0.05) is 11.6 Å². The van der Waals surface area contributed by atoms with E-state index < -0.39 is 0 Å². The van der Waals surface area contributed by atoms with E-state index in [1.165, 1.54) is 10.9 Å². The van der Waals surface area contributed by atoms with Gasteiger partial charge in [0.25, 0.3) is 5.91 Å². The lowest BCUT2D eigenvalue weighted by molar-refractivity contribution is 0.101. The SMILES string of the molecule is Cn1ncc(N)c1C(=O)Nc1ccc(Cl)c(Br)c1. The number of aryl methyl sites for hydroxylation is 1. The quantitative estimate of drug-likeness (QED) is 0.889. The molecule has 0 radical (unpaired) electrons. The van der Waals surface area contributed by atoms with Crippen molar-refractivity contribution < 1.29 is 4.79 Å². The molecule has 0 spiro atoms. The Morgan fingerprint density at radius 1 is 1.56 bits per heavy atom. The number of halogens is 2. The maximum Gasteiger partial charge on any atom is 0.276 e. The first-order valence-corrected chi connectivity index (χ1v) is 6.20. The van der Waals surface area contributed by atoms with E-state index in [0.717, 1.165) is 0 Å². The molecule has 5 nitrogen and oxygen atoms in total. The third-order valence-corrected chi connectivity index (χ3v) is 3.57. The van der Waals surface area contributed by atoms with Crippen LogP contribution in [0, 0.1) is 0 Å². The predicted octanol–water partition coefficient (Wildman–Crippen LogP) is 2.67. The lowest BCUT2D eigenvalue weighted by Crippen LogP contribution is -2.17. The molecule has 7 heteroatoms. The molecule has 1 aromatic carbocycles. The Morgan fingerprint density at radius 2 is 2.28 bits per heavy atom. The summed E-state index contributed by atoms with van der Waals surface area (Å²) in [5.41, 5.74) is 6.95. The van der Waals surface area contributed by atoms with Crippen LogP contribution in [0.5, 0.6) is 0 Å². The highest BCUT2D eigenvalue weighted by Crippen LogP contribution is 2.26. The molecule has 0 atom stereocenters. The molecule has 1 heterocycles. The zero-order valence-electron chi connectivity index (χ0n) is 9.45. The Kier molecular flexibility index (Phi) is 3.58. The average Bonchev–Trinajstić information content (AvgIpc) is 2.64. The van der Waals surface area contributed by atoms with Gasteiger partial charge in [0, 0.05) is 17.2 Å². The minimum Gasteiger partial charge on any atom is -0.396 e. The summed E-state index contributed by atoms with van der Waals surface area (Å²) in [5, 5.41) is 7.21. The van der Waals surface area contributed by atoms with E-state index >= 15 is 0 Å². The van der Waals surface area contributed by atoms with Gasteiger partial charge in [-0.15, -0.1) is 0 Å². The van der Waals surface area contributed by atoms with Gasteiger partial charge in [-0.2, -0.15) is 5.10 Å². The molecule has 0 aliphatic rings. The predicted molar refractivity (Wildman–Crippen MR) is 74.7 cm³/mol. The topological polar surface area (TPSA) is 72.9 Å². The molecule has 0 saturated heterocycles. The standard InChI is InChI=1S/C11H10BrClN4O/c1-17-10(9(14)5-15-17)11(18)16-6-2-3-8(13)7(12)4-6/h2-5H,14H2,1H3,(H,16,18). The number of nitrogens with two attached hydrogens (primary N) is 1. The van der Waals surface area contributed by atoms with Gasteiger partial charge in [0.05, 0.1) is 16.9 Å². The minimum absolute atomic E-state index is 0.318. The molecule has 2 rings (SSSR count). The molecule has 2 aromatic rings. The molecule has 3 N–H and O–H groups in total. The molecule has 94 valence electrons. The van der Waals surface area contributed by atoms with Crippen molar-refractivity contribution >= 4 is 44.8 Å². The van der Waals surface area contributed by atoms with Gasteiger partial charge >= 0.3 is 0 Å². The number of benzene rings is 1. The first kappa shape index (κ1) is 12.9. The van der Waals surface area contributed by atoms with Crippen molar-refractivity contribution in [2.24, 2.45) is 7.05 Å². The second-order valence-electron chi connectivity index (χ2n) is 3.66. The molecular formula is C11H10BrClN4O. The van der Waals surface area contributed by atoms with Crippen LogP contribution < -0.4 is 11.1 Å². The van der Waals surface area contributed by atoms with E-state index in [1.54, 1.807) is 25.2 Å². The first-order chi connectivity index (χ1) is 8.49. The van der Waals surface area contributed by atoms with Crippen LogP contribution in [0.3, 0.4) is 0 Å². The highest BCUT2D eigenvalue weighted by atomic mass is 79.9. The second-order valence-corrected chi connectivity index (χ2v) is 4.92. The number of carbonyl (C=O) groups is 1. The van der Waals surface area contributed by atoms with Crippen LogP contribution in [0.4, 0.5) is 11.4 Å². The Hall–Kier alpha value is -1.53. The highest BCUT2D eigenvalue weighted by molar-refractivity contribution is 9.10. The summed E-state index contributed by atoms with van der Waals surface area (Å²) in [4.78, 5) is 12.0. The molecule has 0 aliphatic heterocycles. The van der Waals surface area contributed by atoms with E-state index in [1.807, 2.05) is 0 Å². The van der Waals surface area contributed by atoms with Gasteiger partial charge < -0.3 is 11.1 Å². The smallest absolute Gasteiger partial charge is 0.276 e. The normalized spacial score (nSPS) is 10.4. The van der Waals surface area contributed by atoms with Crippen molar-refractivity contribution in [2.45, 2.75) is 0 Å². The van der Waals surface area contributed by atoms with Gasteiger partial charge in [-0.25, -0.2) is 0 Å². The number of carbonyl (C=O) groups excluding carboxylic acids is 1. The third kappa shape index (κ3) is 2.49. The molecule has 0 saturated carbocycles. The lowest BCUT2D eigenvalue weighted by Gasteiger charge is -2.07. The number of nitrogens with zero attached hydrogens (tertiary/aromatic N) is 2. The van der Waals surface area contributed by atoms with Gasteiger partial charge in [-0.05, 0) is 34.1 Å². The Bertz CT molecular complexity index is 592. The molecule has 0 aliphatic carbocycles. The van der Waals surface area contributed by atoms with E-state index in [9.17, 15) is 4.79 Å². The fourth-order valence-electron chi connectivity index (χ4n) is 1.50. The van der Waals surface area contributed by atoms with E-state index in [-0.39, 0.29) is 5.91 Å². The molecule has 18 heavy (non-hydrogen) atoms. The Morgan fingerprint density at radius 3 is 2.83 bits per heavy atom. The van der Waals surface area contributed by atoms with Gasteiger partial charge in [0.15, 0.2) is 0 Å². The second kappa shape index (κ2) is 4.99. The van der Waals surface area contributed by atoms with Crippen LogP contribution in [0.2, 0.25) is 5.02 Å². The lowest BCUT2D eigenvalue weighted by atomic mass is 10.3. The van der Waals surface area contributed by atoms with Crippen molar-refractivity contribution in [3.05, 3.63) is 39.6 Å². The van der Waals surface area contributed by atoms with Crippen LogP contribution in [-0.2, 0) is 7.05 Å². The van der Waals surface area contributed by atoms with Crippen molar-refractivity contribution in [1.29, 1.82) is 0 Å². The van der Waals surface area contributed by atoms with Crippen molar-refractivity contribution in [2.75, 3.05) is 11.1 Å². The van der Waals surface area contributed by atoms with Crippen LogP contribution in [-0.4, -0.2) is 15.7 Å². The largest absolute Gasteiger partial charge is 0.396 e. The Balaban J connectivity index is 2.24. The summed E-state index contributed by atoms with van der Waals surface area (Å²) in [6, 6.07) is 5.11. The van der Waals surface area contributed by atoms with Gasteiger partial charge in [0.1, 0.15) is 5.69 Å². The molecule has 0 fully saturated rings. The van der Waals surface area contributed by atoms with Crippen LogP contribution in [0.15, 0.2) is 28.9 Å².